The van der Waals surface area contributed by atoms with Crippen molar-refractivity contribution >= 4 is 29.7 Å². The Labute approximate surface area is 197 Å². The molecule has 178 valence electrons. The van der Waals surface area contributed by atoms with Crippen LogP contribution >= 0.6 is 11.8 Å². The van der Waals surface area contributed by atoms with Gasteiger partial charge >= 0.3 is 6.09 Å². The minimum absolute atomic E-state index is 0.170. The van der Waals surface area contributed by atoms with E-state index in [2.05, 4.69) is 11.9 Å². The van der Waals surface area contributed by atoms with Crippen molar-refractivity contribution in [2.45, 2.75) is 48.9 Å². The molecule has 1 aromatic carbocycles. The van der Waals surface area contributed by atoms with Gasteiger partial charge in [0.2, 0.25) is 5.91 Å². The zero-order valence-electron chi connectivity index (χ0n) is 18.5. The topological polar surface area (TPSA) is 108 Å². The number of hydrogen-bond acceptors (Lipinski definition) is 7. The molecule has 3 amide bonds. The maximum Gasteiger partial charge on any atom is 0.407 e. The van der Waals surface area contributed by atoms with Crippen LogP contribution in [-0.4, -0.2) is 87.6 Å². The third-order valence-corrected chi connectivity index (χ3v) is 7.78. The molecule has 3 aliphatic heterocycles. The molecule has 2 N–H and O–H groups in total. The SMILES string of the molecule is C=CCN1C(=O)[C@H]2N(C(=O)[C@@H](O)C(Cc3ccccc3)NC(=O)O[C@H]3CCOC3)CSC21C. The quantitative estimate of drug-likeness (QED) is 0.428. The van der Waals surface area contributed by atoms with Crippen molar-refractivity contribution in [3.8, 4) is 0 Å². The van der Waals surface area contributed by atoms with Crippen LogP contribution in [0.3, 0.4) is 0 Å². The van der Waals surface area contributed by atoms with Gasteiger partial charge in [0, 0.05) is 13.0 Å². The van der Waals surface area contributed by atoms with E-state index in [0.29, 0.717) is 26.2 Å². The van der Waals surface area contributed by atoms with E-state index in [0.717, 1.165) is 5.56 Å². The monoisotopic (exact) mass is 475 g/mol. The largest absolute Gasteiger partial charge is 0.444 e. The van der Waals surface area contributed by atoms with Crippen LogP contribution in [0.15, 0.2) is 43.0 Å². The summed E-state index contributed by atoms with van der Waals surface area (Å²) in [5.74, 6) is -0.484. The number of nitrogens with one attached hydrogen (secondary N) is 1. The second-order valence-electron chi connectivity index (χ2n) is 8.55. The van der Waals surface area contributed by atoms with Crippen LogP contribution in [0.2, 0.25) is 0 Å². The Morgan fingerprint density at radius 1 is 1.42 bits per heavy atom. The van der Waals surface area contributed by atoms with Gasteiger partial charge in [0.1, 0.15) is 17.0 Å². The zero-order valence-corrected chi connectivity index (χ0v) is 19.3. The molecule has 4 rings (SSSR count). The van der Waals surface area contributed by atoms with Crippen molar-refractivity contribution in [1.29, 1.82) is 0 Å². The van der Waals surface area contributed by atoms with E-state index in [4.69, 9.17) is 9.47 Å². The van der Waals surface area contributed by atoms with Gasteiger partial charge in [-0.1, -0.05) is 36.4 Å². The molecular formula is C23H29N3O6S. The number of amides is 3. The number of benzene rings is 1. The number of carbonyl (C=O) groups is 3. The molecule has 0 aliphatic carbocycles. The number of thioether (sulfide) groups is 1. The first-order chi connectivity index (χ1) is 15.8. The van der Waals surface area contributed by atoms with E-state index < -0.39 is 35.1 Å². The van der Waals surface area contributed by atoms with Crippen LogP contribution in [0.1, 0.15) is 18.9 Å². The summed E-state index contributed by atoms with van der Waals surface area (Å²) in [5.41, 5.74) is 0.844. The third kappa shape index (κ3) is 4.60. The number of hydrogen-bond donors (Lipinski definition) is 2. The summed E-state index contributed by atoms with van der Waals surface area (Å²) < 4.78 is 10.6. The van der Waals surface area contributed by atoms with E-state index in [1.165, 1.54) is 16.7 Å². The van der Waals surface area contributed by atoms with Gasteiger partial charge in [-0.2, -0.15) is 0 Å². The van der Waals surface area contributed by atoms with Crippen LogP contribution in [0.25, 0.3) is 0 Å². The Kier molecular flexibility index (Phi) is 6.96. The number of likely N-dealkylation sites (tertiary alicyclic amines) is 1. The molecule has 0 saturated carbocycles. The lowest BCUT2D eigenvalue weighted by atomic mass is 9.93. The maximum absolute atomic E-state index is 13.3. The van der Waals surface area contributed by atoms with Crippen LogP contribution in [0, 0.1) is 0 Å². The van der Waals surface area contributed by atoms with E-state index in [-0.39, 0.29) is 24.3 Å². The third-order valence-electron chi connectivity index (χ3n) is 6.34. The summed E-state index contributed by atoms with van der Waals surface area (Å²) in [6, 6.07) is 7.69. The second kappa shape index (κ2) is 9.74. The number of β-lactam (4-membered cyclic amide) rings is 1. The first kappa shape index (κ1) is 23.6. The lowest BCUT2D eigenvalue weighted by Gasteiger charge is -2.52. The summed E-state index contributed by atoms with van der Waals surface area (Å²) in [7, 11) is 0. The zero-order chi connectivity index (χ0) is 23.6. The van der Waals surface area contributed by atoms with E-state index >= 15 is 0 Å². The molecule has 1 aromatic rings. The number of carbonyl (C=O) groups excluding carboxylic acids is 3. The average molecular weight is 476 g/mol. The number of ether oxygens (including phenoxy) is 2. The Morgan fingerprint density at radius 3 is 2.85 bits per heavy atom. The molecule has 0 bridgehead atoms. The molecule has 3 fully saturated rings. The van der Waals surface area contributed by atoms with Gasteiger partial charge in [0.05, 0.1) is 25.1 Å². The van der Waals surface area contributed by atoms with E-state index in [1.54, 1.807) is 11.0 Å². The van der Waals surface area contributed by atoms with Crippen molar-refractivity contribution in [1.82, 2.24) is 15.1 Å². The predicted octanol–water partition coefficient (Wildman–Crippen LogP) is 1.12. The van der Waals surface area contributed by atoms with Crippen molar-refractivity contribution in [2.75, 3.05) is 25.6 Å². The van der Waals surface area contributed by atoms with Crippen LogP contribution < -0.4 is 5.32 Å². The van der Waals surface area contributed by atoms with Crippen molar-refractivity contribution in [3.63, 3.8) is 0 Å². The van der Waals surface area contributed by atoms with Crippen molar-refractivity contribution < 1.29 is 29.0 Å². The molecular weight excluding hydrogens is 446 g/mol. The summed E-state index contributed by atoms with van der Waals surface area (Å²) in [6.45, 7) is 6.85. The Balaban J connectivity index is 1.47. The lowest BCUT2D eigenvalue weighted by Crippen LogP contribution is -2.73. The fourth-order valence-electron chi connectivity index (χ4n) is 4.52. The van der Waals surface area contributed by atoms with Gasteiger partial charge in [-0.15, -0.1) is 18.3 Å². The van der Waals surface area contributed by atoms with Crippen LogP contribution in [0.4, 0.5) is 4.79 Å². The normalized spacial score (nSPS) is 28.0. The smallest absolute Gasteiger partial charge is 0.407 e. The molecule has 33 heavy (non-hydrogen) atoms. The highest BCUT2D eigenvalue weighted by Crippen LogP contribution is 2.50. The van der Waals surface area contributed by atoms with Crippen LogP contribution in [-0.2, 0) is 25.5 Å². The molecule has 2 unspecified atom stereocenters. The van der Waals surface area contributed by atoms with Gasteiger partial charge in [-0.25, -0.2) is 4.79 Å². The fraction of sp³-hybridized carbons (Fsp3) is 0.522. The van der Waals surface area contributed by atoms with Crippen molar-refractivity contribution in [3.05, 3.63) is 48.6 Å². The molecule has 0 aromatic heterocycles. The summed E-state index contributed by atoms with van der Waals surface area (Å²) in [4.78, 5) is 41.0. The predicted molar refractivity (Wildman–Crippen MR) is 122 cm³/mol. The van der Waals surface area contributed by atoms with E-state index in [1.807, 2.05) is 37.3 Å². The molecule has 3 saturated heterocycles. The fourth-order valence-corrected chi connectivity index (χ4v) is 5.90. The van der Waals surface area contributed by atoms with Gasteiger partial charge in [-0.3, -0.25) is 9.59 Å². The van der Waals surface area contributed by atoms with Gasteiger partial charge < -0.3 is 29.7 Å². The Morgan fingerprint density at radius 2 is 2.18 bits per heavy atom. The molecule has 10 heteroatoms. The molecule has 3 heterocycles. The summed E-state index contributed by atoms with van der Waals surface area (Å²) in [5, 5.41) is 13.7. The minimum atomic E-state index is -1.54. The van der Waals surface area contributed by atoms with Gasteiger partial charge in [0.15, 0.2) is 6.10 Å². The highest BCUT2D eigenvalue weighted by Gasteiger charge is 2.65. The number of fused-ring (bicyclic) bond motifs is 1. The second-order valence-corrected chi connectivity index (χ2v) is 9.93. The van der Waals surface area contributed by atoms with Gasteiger partial charge in [0.25, 0.3) is 5.91 Å². The van der Waals surface area contributed by atoms with Crippen molar-refractivity contribution in [2.24, 2.45) is 0 Å². The average Bonchev–Trinajstić information content (AvgIpc) is 3.42. The van der Waals surface area contributed by atoms with Crippen LogP contribution in [0.5, 0.6) is 0 Å². The molecule has 5 atom stereocenters. The number of aliphatic hydroxyl groups excluding tert-OH is 1. The van der Waals surface area contributed by atoms with E-state index in [9.17, 15) is 19.5 Å². The summed E-state index contributed by atoms with van der Waals surface area (Å²) in [6.07, 6.45) is -0.122. The first-order valence-electron chi connectivity index (χ1n) is 11.0. The Hall–Kier alpha value is -2.56. The molecule has 3 aliphatic rings. The molecule has 0 radical (unpaired) electrons. The first-order valence-corrected chi connectivity index (χ1v) is 12.0. The standard InChI is InChI=1S/C23H29N3O6S/c1-3-10-26-21(29)19-23(26,2)33-14-25(19)20(28)18(27)17(12-15-7-5-4-6-8-15)24-22(30)32-16-9-11-31-13-16/h3-8,16-19,27H,1,9-14H2,2H3,(H,24,30)/t16-,17?,18-,19+,23?/m0/s1. The maximum atomic E-state index is 13.3. The number of alkyl carbamates (subject to hydrolysis) is 1. The highest BCUT2D eigenvalue weighted by atomic mass is 32.2. The highest BCUT2D eigenvalue weighted by molar-refractivity contribution is 8.01. The van der Waals surface area contributed by atoms with Gasteiger partial charge in [-0.05, 0) is 18.9 Å². The summed E-state index contributed by atoms with van der Waals surface area (Å²) >= 11 is 1.48. The lowest BCUT2D eigenvalue weighted by molar-refractivity contribution is -0.166. The minimum Gasteiger partial charge on any atom is -0.444 e. The number of aliphatic hydroxyl groups is 1. The Bertz CT molecular complexity index is 909. The molecule has 0 spiro atoms. The molecule has 9 nitrogen and oxygen atoms in total. The number of rotatable bonds is 8. The number of nitrogens with zero attached hydrogens (tertiary/aromatic N) is 2.